The molecule has 0 unspecified atom stereocenters. The normalized spacial score (nSPS) is 9.62. The molecule has 0 radical (unpaired) electrons. The zero-order chi connectivity index (χ0) is 34.6. The molecule has 0 amide bonds. The van der Waals surface area contributed by atoms with Gasteiger partial charge in [-0.2, -0.15) is 0 Å². The maximum absolute atomic E-state index is 12.7. The molecule has 256 valence electrons. The summed E-state index contributed by atoms with van der Waals surface area (Å²) in [6.07, 6.45) is 0. The highest BCUT2D eigenvalue weighted by Gasteiger charge is 2.14. The molecule has 0 saturated carbocycles. The minimum Gasteiger partial charge on any atom is -0.508 e. The van der Waals surface area contributed by atoms with Crippen molar-refractivity contribution in [2.75, 3.05) is 0 Å². The molecule has 0 bridgehead atoms. The van der Waals surface area contributed by atoms with Gasteiger partial charge in [0.05, 0.1) is 11.1 Å². The number of rotatable bonds is 6. The number of phenolic OH excluding ortho intramolecular Hbond substituents is 2. The zero-order valence-corrected chi connectivity index (χ0v) is 25.2. The summed E-state index contributed by atoms with van der Waals surface area (Å²) < 4.78 is 12.7. The maximum Gasteiger partial charge on any atom is 0.339 e. The molecule has 9 heteroatoms. The topological polar surface area (TPSA) is 152 Å². The van der Waals surface area contributed by atoms with Crippen molar-refractivity contribution >= 4 is 17.7 Å². The molecule has 0 aromatic heterocycles. The minimum atomic E-state index is -1.13. The molecule has 6 aromatic rings. The van der Waals surface area contributed by atoms with Crippen molar-refractivity contribution < 1.29 is 44.3 Å². The molecule has 0 atom stereocenters. The highest BCUT2D eigenvalue weighted by atomic mass is 19.1. The predicted octanol–water partition coefficient (Wildman–Crippen LogP) is 9.55. The predicted molar refractivity (Wildman–Crippen MR) is 192 cm³/mol. The number of carboxylic acids is 2. The summed E-state index contributed by atoms with van der Waals surface area (Å²) in [5.74, 6) is -3.11. The van der Waals surface area contributed by atoms with E-state index >= 15 is 0 Å². The summed E-state index contributed by atoms with van der Waals surface area (Å²) in [5.41, 5.74) is 3.90. The Morgan fingerprint density at radius 1 is 0.480 bits per heavy atom. The van der Waals surface area contributed by atoms with Gasteiger partial charge in [-0.05, 0) is 59.2 Å². The van der Waals surface area contributed by atoms with Gasteiger partial charge in [-0.1, -0.05) is 112 Å². The van der Waals surface area contributed by atoms with Crippen LogP contribution in [0.2, 0.25) is 0 Å². The molecule has 0 aliphatic heterocycles. The summed E-state index contributed by atoms with van der Waals surface area (Å²) in [6.45, 7) is 0. The van der Waals surface area contributed by atoms with E-state index in [1.807, 2.05) is 36.4 Å². The number of aromatic hydroxyl groups is 3. The quantitative estimate of drug-likeness (QED) is 0.109. The van der Waals surface area contributed by atoms with Crippen molar-refractivity contribution in [1.82, 2.24) is 0 Å². The van der Waals surface area contributed by atoms with Crippen LogP contribution in [-0.2, 0) is 0 Å². The largest absolute Gasteiger partial charge is 0.508 e. The van der Waals surface area contributed by atoms with Gasteiger partial charge < -0.3 is 25.5 Å². The highest BCUT2D eigenvalue weighted by molar-refractivity contribution is 6.10. The van der Waals surface area contributed by atoms with Gasteiger partial charge in [0.15, 0.2) is 5.78 Å². The number of halogens is 1. The average Bonchev–Trinajstić information content (AvgIpc) is 3.10. The van der Waals surface area contributed by atoms with Crippen molar-refractivity contribution in [2.24, 2.45) is 0 Å². The number of hydrogen-bond donors (Lipinski definition) is 5. The monoisotopic (exact) mass is 676 g/mol. The molecule has 6 aromatic carbocycles. The van der Waals surface area contributed by atoms with Crippen LogP contribution in [0.25, 0.3) is 22.3 Å². The highest BCUT2D eigenvalue weighted by Crippen LogP contribution is 2.32. The zero-order valence-electron chi connectivity index (χ0n) is 25.2. The standard InChI is InChI=1S/C13H9FO2.2C13H10O3.2CH4/c14-12-7-5-10(6-8-12)9-1-3-11(4-2-9)13(15)16;14-12-10(9-5-2-1-3-6-9)7-4-8-11(12)13(15)16;14-10-6-7-11(12(15)8-10)13(16)9-4-2-1-3-5-9;;/h1-8H,(H,15,16);1-8,14H,(H,15,16);1-8,14-15H;2*1H4. The van der Waals surface area contributed by atoms with Crippen molar-refractivity contribution in [2.45, 2.75) is 14.9 Å². The molecule has 8 nitrogen and oxygen atoms in total. The Bertz CT molecular complexity index is 2010. The maximum atomic E-state index is 12.7. The molecule has 0 aliphatic carbocycles. The molecule has 0 heterocycles. The summed E-state index contributed by atoms with van der Waals surface area (Å²) in [7, 11) is 0. The van der Waals surface area contributed by atoms with Gasteiger partial charge in [-0.25, -0.2) is 14.0 Å². The molecule has 0 aliphatic rings. The van der Waals surface area contributed by atoms with Gasteiger partial charge in [0.25, 0.3) is 0 Å². The van der Waals surface area contributed by atoms with Crippen LogP contribution >= 0.6 is 0 Å². The van der Waals surface area contributed by atoms with Crippen molar-refractivity contribution in [3.63, 3.8) is 0 Å². The lowest BCUT2D eigenvalue weighted by Gasteiger charge is -2.06. The van der Waals surface area contributed by atoms with Gasteiger partial charge in [0, 0.05) is 17.2 Å². The molecule has 6 rings (SSSR count). The fourth-order valence-corrected chi connectivity index (χ4v) is 4.47. The van der Waals surface area contributed by atoms with E-state index in [-0.39, 0.29) is 60.4 Å². The number of hydrogen-bond acceptors (Lipinski definition) is 6. The van der Waals surface area contributed by atoms with E-state index in [2.05, 4.69) is 0 Å². The van der Waals surface area contributed by atoms with E-state index in [1.165, 1.54) is 42.5 Å². The summed E-state index contributed by atoms with van der Waals surface area (Å²) in [6, 6.07) is 39.0. The van der Waals surface area contributed by atoms with Gasteiger partial charge in [0.2, 0.25) is 0 Å². The number of para-hydroxylation sites is 1. The Kier molecular flexibility index (Phi) is 14.6. The fourth-order valence-electron chi connectivity index (χ4n) is 4.47. The van der Waals surface area contributed by atoms with E-state index in [0.717, 1.165) is 22.8 Å². The first-order valence-electron chi connectivity index (χ1n) is 14.4. The number of carbonyl (C=O) groups is 3. The van der Waals surface area contributed by atoms with Crippen LogP contribution < -0.4 is 0 Å². The van der Waals surface area contributed by atoms with Gasteiger partial charge in [-0.15, -0.1) is 0 Å². The SMILES string of the molecule is C.C.O=C(O)c1ccc(-c2ccc(F)cc2)cc1.O=C(O)c1cccc(-c2ccccc2)c1O.O=C(c1ccccc1)c1ccc(O)cc1O. The summed E-state index contributed by atoms with van der Waals surface area (Å²) in [5, 5.41) is 46.1. The Balaban J connectivity index is 0.000000255. The third kappa shape index (κ3) is 10.4. The van der Waals surface area contributed by atoms with Crippen molar-refractivity contribution in [3.05, 3.63) is 174 Å². The molecule has 0 fully saturated rings. The van der Waals surface area contributed by atoms with Crippen LogP contribution in [0.3, 0.4) is 0 Å². The Morgan fingerprint density at radius 3 is 1.54 bits per heavy atom. The lowest BCUT2D eigenvalue weighted by Crippen LogP contribution is -2.00. The van der Waals surface area contributed by atoms with Crippen molar-refractivity contribution in [3.8, 4) is 39.5 Å². The fraction of sp³-hybridized carbons (Fsp3) is 0.0488. The third-order valence-electron chi connectivity index (χ3n) is 6.92. The molecule has 5 N–H and O–H groups in total. The van der Waals surface area contributed by atoms with Crippen LogP contribution in [-0.4, -0.2) is 43.3 Å². The molecule has 50 heavy (non-hydrogen) atoms. The van der Waals surface area contributed by atoms with Crippen LogP contribution in [0.1, 0.15) is 51.5 Å². The second-order valence-electron chi connectivity index (χ2n) is 10.2. The number of carbonyl (C=O) groups excluding carboxylic acids is 1. The van der Waals surface area contributed by atoms with Crippen LogP contribution in [0.4, 0.5) is 4.39 Å². The van der Waals surface area contributed by atoms with Crippen LogP contribution in [0, 0.1) is 5.82 Å². The first kappa shape index (κ1) is 39.4. The van der Waals surface area contributed by atoms with E-state index in [1.54, 1.807) is 60.7 Å². The molecular weight excluding hydrogens is 639 g/mol. The summed E-state index contributed by atoms with van der Waals surface area (Å²) in [4.78, 5) is 33.4. The van der Waals surface area contributed by atoms with Crippen LogP contribution in [0.15, 0.2) is 146 Å². The first-order chi connectivity index (χ1) is 23.0. The number of carboxylic acid groups (broad SMARTS) is 2. The van der Waals surface area contributed by atoms with Crippen LogP contribution in [0.5, 0.6) is 17.2 Å². The smallest absolute Gasteiger partial charge is 0.339 e. The molecule has 0 spiro atoms. The second kappa shape index (κ2) is 18.6. The lowest BCUT2D eigenvalue weighted by atomic mass is 10.0. The van der Waals surface area contributed by atoms with Gasteiger partial charge in [-0.3, -0.25) is 4.79 Å². The second-order valence-corrected chi connectivity index (χ2v) is 10.2. The van der Waals surface area contributed by atoms with E-state index < -0.39 is 11.9 Å². The number of phenols is 3. The lowest BCUT2D eigenvalue weighted by molar-refractivity contribution is 0.0684. The van der Waals surface area contributed by atoms with Crippen molar-refractivity contribution in [1.29, 1.82) is 0 Å². The minimum absolute atomic E-state index is 0. The Labute approximate surface area is 289 Å². The average molecular weight is 677 g/mol. The van der Waals surface area contributed by atoms with Gasteiger partial charge >= 0.3 is 11.9 Å². The number of ketones is 1. The first-order valence-corrected chi connectivity index (χ1v) is 14.4. The number of aromatic carboxylic acids is 2. The van der Waals surface area contributed by atoms with E-state index in [4.69, 9.17) is 15.3 Å². The third-order valence-corrected chi connectivity index (χ3v) is 6.92. The Morgan fingerprint density at radius 2 is 1.02 bits per heavy atom. The van der Waals surface area contributed by atoms with Gasteiger partial charge in [0.1, 0.15) is 28.6 Å². The number of benzene rings is 6. The summed E-state index contributed by atoms with van der Waals surface area (Å²) >= 11 is 0. The Hall–Kier alpha value is -6.74. The molecular formula is C41H37FO8. The van der Waals surface area contributed by atoms with E-state index in [0.29, 0.717) is 11.1 Å². The molecule has 0 saturated heterocycles. The van der Waals surface area contributed by atoms with E-state index in [9.17, 15) is 29.0 Å².